The van der Waals surface area contributed by atoms with Crippen molar-refractivity contribution in [2.75, 3.05) is 0 Å². The van der Waals surface area contributed by atoms with Gasteiger partial charge >= 0.3 is 0 Å². The van der Waals surface area contributed by atoms with E-state index in [2.05, 4.69) is 31.0 Å². The summed E-state index contributed by atoms with van der Waals surface area (Å²) < 4.78 is 5.90. The van der Waals surface area contributed by atoms with Crippen LogP contribution in [-0.2, 0) is 0 Å². The van der Waals surface area contributed by atoms with E-state index in [1.54, 1.807) is 30.3 Å². The van der Waals surface area contributed by atoms with E-state index < -0.39 is 0 Å². The van der Waals surface area contributed by atoms with Crippen molar-refractivity contribution in [2.45, 2.75) is 19.8 Å². The average molecular weight is 402 g/mol. The molecule has 0 saturated heterocycles. The van der Waals surface area contributed by atoms with Crippen molar-refractivity contribution in [3.8, 4) is 0 Å². The average Bonchev–Trinajstić information content (AvgIpc) is 3.16. The van der Waals surface area contributed by atoms with Crippen LogP contribution < -0.4 is 0 Å². The second kappa shape index (κ2) is 8.06. The van der Waals surface area contributed by atoms with Gasteiger partial charge in [-0.1, -0.05) is 74.0 Å². The van der Waals surface area contributed by atoms with E-state index in [-0.39, 0.29) is 11.7 Å². The minimum absolute atomic E-state index is 0.227. The zero-order chi connectivity index (χ0) is 20.4. The standard InChI is InChI=1S/C25H20ClNO2/c1-16(2)18-13-11-17(12-14-18)15-20(24(28)19-7-3-4-8-21(19)26)25-27-22-9-5-6-10-23(22)29-25/h3-16H,1-2H3. The lowest BCUT2D eigenvalue weighted by Gasteiger charge is -2.07. The highest BCUT2D eigenvalue weighted by Crippen LogP contribution is 2.29. The number of Topliss-reactive ketones (excluding diaryl/α,β-unsaturated/α-hetero) is 1. The number of allylic oxidation sites excluding steroid dienone is 1. The molecule has 4 aromatic rings. The topological polar surface area (TPSA) is 43.1 Å². The molecule has 0 bridgehead atoms. The van der Waals surface area contributed by atoms with Gasteiger partial charge in [0.1, 0.15) is 5.52 Å². The summed E-state index contributed by atoms with van der Waals surface area (Å²) in [5.41, 5.74) is 4.26. The van der Waals surface area contributed by atoms with Crippen molar-refractivity contribution in [3.63, 3.8) is 0 Å². The van der Waals surface area contributed by atoms with Gasteiger partial charge in [0, 0.05) is 5.56 Å². The smallest absolute Gasteiger partial charge is 0.231 e. The molecule has 0 atom stereocenters. The summed E-state index contributed by atoms with van der Waals surface area (Å²) in [6.07, 6.45) is 1.81. The van der Waals surface area contributed by atoms with Crippen LogP contribution in [0, 0.1) is 0 Å². The third-order valence-corrected chi connectivity index (χ3v) is 5.13. The lowest BCUT2D eigenvalue weighted by atomic mass is 9.98. The van der Waals surface area contributed by atoms with E-state index in [0.717, 1.165) is 5.56 Å². The number of ketones is 1. The number of hydrogen-bond donors (Lipinski definition) is 0. The number of halogens is 1. The van der Waals surface area contributed by atoms with Gasteiger partial charge in [0.2, 0.25) is 5.89 Å². The fourth-order valence-corrected chi connectivity index (χ4v) is 3.37. The maximum absolute atomic E-state index is 13.4. The maximum atomic E-state index is 13.4. The van der Waals surface area contributed by atoms with Gasteiger partial charge < -0.3 is 4.42 Å². The van der Waals surface area contributed by atoms with Gasteiger partial charge in [-0.25, -0.2) is 4.98 Å². The first-order valence-corrected chi connectivity index (χ1v) is 9.87. The minimum Gasteiger partial charge on any atom is -0.436 e. The van der Waals surface area contributed by atoms with Crippen molar-refractivity contribution in [3.05, 3.63) is 100 Å². The van der Waals surface area contributed by atoms with Crippen LogP contribution in [0.2, 0.25) is 5.02 Å². The second-order valence-electron chi connectivity index (χ2n) is 7.18. The third kappa shape index (κ3) is 4.01. The highest BCUT2D eigenvalue weighted by molar-refractivity contribution is 6.40. The predicted molar refractivity (Wildman–Crippen MR) is 118 cm³/mol. The fraction of sp³-hybridized carbons (Fsp3) is 0.120. The van der Waals surface area contributed by atoms with E-state index in [4.69, 9.17) is 16.0 Å². The van der Waals surface area contributed by atoms with Gasteiger partial charge in [-0.2, -0.15) is 0 Å². The maximum Gasteiger partial charge on any atom is 0.231 e. The van der Waals surface area contributed by atoms with Crippen LogP contribution in [0.15, 0.2) is 77.2 Å². The number of oxazole rings is 1. The van der Waals surface area contributed by atoms with E-state index in [9.17, 15) is 4.79 Å². The number of hydrogen-bond acceptors (Lipinski definition) is 3. The summed E-state index contributed by atoms with van der Waals surface area (Å²) in [7, 11) is 0. The number of carbonyl (C=O) groups is 1. The van der Waals surface area contributed by atoms with E-state index in [1.165, 1.54) is 5.56 Å². The van der Waals surface area contributed by atoms with Crippen molar-refractivity contribution in [2.24, 2.45) is 0 Å². The normalized spacial score (nSPS) is 11.9. The molecule has 1 heterocycles. The highest BCUT2D eigenvalue weighted by atomic mass is 35.5. The molecule has 3 aromatic carbocycles. The van der Waals surface area contributed by atoms with Crippen LogP contribution in [0.4, 0.5) is 0 Å². The van der Waals surface area contributed by atoms with Gasteiger partial charge in [-0.15, -0.1) is 0 Å². The molecule has 0 amide bonds. The molecule has 4 heteroatoms. The van der Waals surface area contributed by atoms with Crippen LogP contribution in [-0.4, -0.2) is 10.8 Å². The molecule has 3 nitrogen and oxygen atoms in total. The van der Waals surface area contributed by atoms with Gasteiger partial charge in [-0.3, -0.25) is 4.79 Å². The Morgan fingerprint density at radius 3 is 2.34 bits per heavy atom. The van der Waals surface area contributed by atoms with E-state index in [0.29, 0.717) is 33.2 Å². The molecular weight excluding hydrogens is 382 g/mol. The van der Waals surface area contributed by atoms with E-state index in [1.807, 2.05) is 36.4 Å². The van der Waals surface area contributed by atoms with Crippen LogP contribution >= 0.6 is 11.6 Å². The molecule has 29 heavy (non-hydrogen) atoms. The number of rotatable bonds is 5. The van der Waals surface area contributed by atoms with Gasteiger partial charge in [-0.05, 0) is 47.4 Å². The van der Waals surface area contributed by atoms with Crippen molar-refractivity contribution < 1.29 is 9.21 Å². The SMILES string of the molecule is CC(C)c1ccc(C=C(C(=O)c2ccccc2Cl)c2nc3ccccc3o2)cc1. The van der Waals surface area contributed by atoms with Gasteiger partial charge in [0.25, 0.3) is 0 Å². The Labute approximate surface area is 174 Å². The van der Waals surface area contributed by atoms with Crippen LogP contribution in [0.25, 0.3) is 22.7 Å². The first kappa shape index (κ1) is 19.2. The van der Waals surface area contributed by atoms with Crippen molar-refractivity contribution in [1.29, 1.82) is 0 Å². The highest BCUT2D eigenvalue weighted by Gasteiger charge is 2.22. The Kier molecular flexibility index (Phi) is 5.32. The molecule has 0 aliphatic heterocycles. The Bertz CT molecular complexity index is 1170. The second-order valence-corrected chi connectivity index (χ2v) is 7.58. The van der Waals surface area contributed by atoms with Gasteiger partial charge in [0.15, 0.2) is 11.4 Å². The Balaban J connectivity index is 1.84. The Morgan fingerprint density at radius 1 is 0.966 bits per heavy atom. The number of nitrogens with zero attached hydrogens (tertiary/aromatic N) is 1. The van der Waals surface area contributed by atoms with E-state index >= 15 is 0 Å². The molecular formula is C25H20ClNO2. The lowest BCUT2D eigenvalue weighted by molar-refractivity contribution is 0.105. The Hall–Kier alpha value is -3.17. The summed E-state index contributed by atoms with van der Waals surface area (Å²) in [4.78, 5) is 17.9. The zero-order valence-electron chi connectivity index (χ0n) is 16.2. The summed E-state index contributed by atoms with van der Waals surface area (Å²) in [5.74, 6) is 0.494. The number of benzene rings is 3. The van der Waals surface area contributed by atoms with Crippen LogP contribution in [0.3, 0.4) is 0 Å². The van der Waals surface area contributed by atoms with Crippen molar-refractivity contribution in [1.82, 2.24) is 4.98 Å². The number of para-hydroxylation sites is 2. The molecule has 1 aromatic heterocycles. The minimum atomic E-state index is -0.227. The first-order valence-electron chi connectivity index (χ1n) is 9.50. The summed E-state index contributed by atoms with van der Waals surface area (Å²) >= 11 is 6.29. The lowest BCUT2D eigenvalue weighted by Crippen LogP contribution is -2.04. The molecule has 0 fully saturated rings. The summed E-state index contributed by atoms with van der Waals surface area (Å²) in [5, 5.41) is 0.398. The Morgan fingerprint density at radius 2 is 1.66 bits per heavy atom. The van der Waals surface area contributed by atoms with Gasteiger partial charge in [0.05, 0.1) is 10.6 Å². The van der Waals surface area contributed by atoms with Crippen LogP contribution in [0.1, 0.15) is 47.1 Å². The molecule has 0 radical (unpaired) electrons. The van der Waals surface area contributed by atoms with Crippen molar-refractivity contribution >= 4 is 40.1 Å². The molecule has 0 spiro atoms. The predicted octanol–water partition coefficient (Wildman–Crippen LogP) is 7.03. The molecule has 144 valence electrons. The fourth-order valence-electron chi connectivity index (χ4n) is 3.15. The molecule has 0 aliphatic carbocycles. The third-order valence-electron chi connectivity index (χ3n) is 4.80. The molecule has 0 N–H and O–H groups in total. The number of carbonyl (C=O) groups excluding carboxylic acids is 1. The molecule has 0 unspecified atom stereocenters. The summed E-state index contributed by atoms with van der Waals surface area (Å²) in [6, 6.07) is 22.6. The number of fused-ring (bicyclic) bond motifs is 1. The summed E-state index contributed by atoms with van der Waals surface area (Å²) in [6.45, 7) is 4.30. The monoisotopic (exact) mass is 401 g/mol. The zero-order valence-corrected chi connectivity index (χ0v) is 17.0. The first-order chi connectivity index (χ1) is 14.0. The number of aromatic nitrogens is 1. The molecule has 0 aliphatic rings. The quantitative estimate of drug-likeness (QED) is 0.266. The molecule has 4 rings (SSSR count). The largest absolute Gasteiger partial charge is 0.436 e. The van der Waals surface area contributed by atoms with Crippen LogP contribution in [0.5, 0.6) is 0 Å². The molecule has 0 saturated carbocycles.